The van der Waals surface area contributed by atoms with Gasteiger partial charge in [0.25, 0.3) is 0 Å². The SMILES string of the molecule is CC=CCCN=C(NCC)NC1CC2CCCC(C1)N2C. The molecule has 2 saturated heterocycles. The molecule has 0 saturated carbocycles. The Balaban J connectivity index is 1.88. The second kappa shape index (κ2) is 8.42. The maximum Gasteiger partial charge on any atom is 0.191 e. The molecule has 2 fully saturated rings. The first-order valence-corrected chi connectivity index (χ1v) is 8.62. The summed E-state index contributed by atoms with van der Waals surface area (Å²) >= 11 is 0. The number of nitrogens with one attached hydrogen (secondary N) is 2. The minimum Gasteiger partial charge on any atom is -0.357 e. The van der Waals surface area contributed by atoms with E-state index in [1.807, 2.05) is 0 Å². The summed E-state index contributed by atoms with van der Waals surface area (Å²) in [6, 6.07) is 2.11. The van der Waals surface area contributed by atoms with Crippen molar-refractivity contribution in [3.05, 3.63) is 12.2 Å². The van der Waals surface area contributed by atoms with Crippen LogP contribution >= 0.6 is 0 Å². The fourth-order valence-corrected chi connectivity index (χ4v) is 3.66. The van der Waals surface area contributed by atoms with Crippen LogP contribution in [-0.2, 0) is 0 Å². The molecule has 0 aromatic carbocycles. The highest BCUT2D eigenvalue weighted by Gasteiger charge is 2.36. The predicted molar refractivity (Wildman–Crippen MR) is 90.8 cm³/mol. The van der Waals surface area contributed by atoms with Crippen molar-refractivity contribution >= 4 is 5.96 Å². The van der Waals surface area contributed by atoms with Gasteiger partial charge < -0.3 is 15.5 Å². The standard InChI is InChI=1S/C17H32N4/c1-4-6-7-11-19-17(18-5-2)20-14-12-15-9-8-10-16(13-14)21(15)3/h4,6,14-16H,5,7-13H2,1-3H3,(H2,18,19,20). The molecule has 2 atom stereocenters. The van der Waals surface area contributed by atoms with Crippen molar-refractivity contribution in [3.8, 4) is 0 Å². The van der Waals surface area contributed by atoms with Gasteiger partial charge in [-0.05, 0) is 53.0 Å². The van der Waals surface area contributed by atoms with E-state index < -0.39 is 0 Å². The van der Waals surface area contributed by atoms with Gasteiger partial charge >= 0.3 is 0 Å². The van der Waals surface area contributed by atoms with Gasteiger partial charge in [0.15, 0.2) is 5.96 Å². The minimum absolute atomic E-state index is 0.580. The summed E-state index contributed by atoms with van der Waals surface area (Å²) in [5.41, 5.74) is 0. The molecule has 0 aromatic rings. The Morgan fingerprint density at radius 2 is 2.00 bits per heavy atom. The first kappa shape index (κ1) is 16.3. The lowest BCUT2D eigenvalue weighted by atomic mass is 9.82. The topological polar surface area (TPSA) is 39.7 Å². The number of piperidine rings is 2. The zero-order valence-electron chi connectivity index (χ0n) is 13.9. The highest BCUT2D eigenvalue weighted by atomic mass is 15.2. The first-order chi connectivity index (χ1) is 10.2. The third-order valence-corrected chi connectivity index (χ3v) is 4.83. The van der Waals surface area contributed by atoms with Gasteiger partial charge in [-0.25, -0.2) is 0 Å². The van der Waals surface area contributed by atoms with Gasteiger partial charge in [-0.15, -0.1) is 0 Å². The molecule has 0 radical (unpaired) electrons. The lowest BCUT2D eigenvalue weighted by Crippen LogP contribution is -2.56. The van der Waals surface area contributed by atoms with Crippen LogP contribution in [0.5, 0.6) is 0 Å². The Morgan fingerprint density at radius 1 is 1.29 bits per heavy atom. The van der Waals surface area contributed by atoms with Crippen molar-refractivity contribution in [2.75, 3.05) is 20.1 Å². The highest BCUT2D eigenvalue weighted by Crippen LogP contribution is 2.32. The van der Waals surface area contributed by atoms with Crippen molar-refractivity contribution in [3.63, 3.8) is 0 Å². The smallest absolute Gasteiger partial charge is 0.191 e. The second-order valence-corrected chi connectivity index (χ2v) is 6.34. The number of nitrogens with zero attached hydrogens (tertiary/aromatic N) is 2. The molecule has 2 heterocycles. The Hall–Kier alpha value is -1.03. The molecule has 4 nitrogen and oxygen atoms in total. The summed E-state index contributed by atoms with van der Waals surface area (Å²) in [7, 11) is 2.31. The molecular weight excluding hydrogens is 260 g/mol. The van der Waals surface area contributed by atoms with E-state index in [-0.39, 0.29) is 0 Å². The molecule has 120 valence electrons. The van der Waals surface area contributed by atoms with Crippen molar-refractivity contribution < 1.29 is 0 Å². The van der Waals surface area contributed by atoms with Gasteiger partial charge in [-0.3, -0.25) is 4.99 Å². The van der Waals surface area contributed by atoms with E-state index in [1.54, 1.807) is 0 Å². The second-order valence-electron chi connectivity index (χ2n) is 6.34. The zero-order valence-corrected chi connectivity index (χ0v) is 13.9. The van der Waals surface area contributed by atoms with Crippen LogP contribution in [0.3, 0.4) is 0 Å². The average Bonchev–Trinajstić information content (AvgIpc) is 2.45. The van der Waals surface area contributed by atoms with E-state index in [0.29, 0.717) is 6.04 Å². The van der Waals surface area contributed by atoms with Crippen LogP contribution in [0.2, 0.25) is 0 Å². The van der Waals surface area contributed by atoms with E-state index in [9.17, 15) is 0 Å². The normalized spacial score (nSPS) is 30.6. The summed E-state index contributed by atoms with van der Waals surface area (Å²) in [5.74, 6) is 0.995. The monoisotopic (exact) mass is 292 g/mol. The van der Waals surface area contributed by atoms with E-state index in [2.05, 4.69) is 53.6 Å². The van der Waals surface area contributed by atoms with Gasteiger partial charge in [0.1, 0.15) is 0 Å². The number of hydrogen-bond acceptors (Lipinski definition) is 2. The van der Waals surface area contributed by atoms with E-state index in [1.165, 1.54) is 32.1 Å². The van der Waals surface area contributed by atoms with Crippen LogP contribution in [-0.4, -0.2) is 49.1 Å². The largest absolute Gasteiger partial charge is 0.357 e. The molecule has 2 aliphatic heterocycles. The summed E-state index contributed by atoms with van der Waals surface area (Å²) in [4.78, 5) is 7.30. The highest BCUT2D eigenvalue weighted by molar-refractivity contribution is 5.80. The molecule has 0 aromatic heterocycles. The lowest BCUT2D eigenvalue weighted by Gasteiger charge is -2.47. The molecule has 21 heavy (non-hydrogen) atoms. The molecule has 0 aliphatic carbocycles. The van der Waals surface area contributed by atoms with E-state index in [0.717, 1.165) is 37.6 Å². The van der Waals surface area contributed by atoms with E-state index >= 15 is 0 Å². The van der Waals surface area contributed by atoms with Crippen LogP contribution in [0.15, 0.2) is 17.1 Å². The molecular formula is C17H32N4. The molecule has 0 spiro atoms. The molecule has 2 rings (SSSR count). The molecule has 4 heteroatoms. The molecule has 2 N–H and O–H groups in total. The van der Waals surface area contributed by atoms with Crippen LogP contribution in [0.25, 0.3) is 0 Å². The third kappa shape index (κ3) is 4.73. The Labute approximate surface area is 130 Å². The molecule has 2 bridgehead atoms. The number of allylic oxidation sites excluding steroid dienone is 1. The van der Waals surface area contributed by atoms with Gasteiger partial charge in [0, 0.05) is 31.2 Å². The van der Waals surface area contributed by atoms with Gasteiger partial charge in [-0.2, -0.15) is 0 Å². The van der Waals surface area contributed by atoms with Crippen LogP contribution in [0.1, 0.15) is 52.4 Å². The van der Waals surface area contributed by atoms with E-state index in [4.69, 9.17) is 0 Å². The zero-order chi connectivity index (χ0) is 15.1. The molecule has 2 aliphatic rings. The molecule has 0 amide bonds. The first-order valence-electron chi connectivity index (χ1n) is 8.62. The lowest BCUT2D eigenvalue weighted by molar-refractivity contribution is 0.0526. The maximum absolute atomic E-state index is 4.69. The van der Waals surface area contributed by atoms with Crippen molar-refractivity contribution in [1.82, 2.24) is 15.5 Å². The van der Waals surface area contributed by atoms with Gasteiger partial charge in [-0.1, -0.05) is 18.6 Å². The number of rotatable bonds is 5. The predicted octanol–water partition coefficient (Wildman–Crippen LogP) is 2.52. The minimum atomic E-state index is 0.580. The maximum atomic E-state index is 4.69. The Morgan fingerprint density at radius 3 is 2.62 bits per heavy atom. The summed E-state index contributed by atoms with van der Waals surface area (Å²) in [6.07, 6.45) is 11.9. The summed E-state index contributed by atoms with van der Waals surface area (Å²) in [6.45, 7) is 5.98. The van der Waals surface area contributed by atoms with Crippen LogP contribution < -0.4 is 10.6 Å². The number of hydrogen-bond donors (Lipinski definition) is 2. The van der Waals surface area contributed by atoms with Gasteiger partial charge in [0.05, 0.1) is 0 Å². The number of guanidine groups is 1. The molecule has 2 unspecified atom stereocenters. The van der Waals surface area contributed by atoms with Crippen molar-refractivity contribution in [1.29, 1.82) is 0 Å². The quantitative estimate of drug-likeness (QED) is 0.354. The van der Waals surface area contributed by atoms with Gasteiger partial charge in [0.2, 0.25) is 0 Å². The third-order valence-electron chi connectivity index (χ3n) is 4.83. The van der Waals surface area contributed by atoms with Crippen LogP contribution in [0.4, 0.5) is 0 Å². The van der Waals surface area contributed by atoms with Crippen molar-refractivity contribution in [2.24, 2.45) is 4.99 Å². The number of fused-ring (bicyclic) bond motifs is 2. The Bertz CT molecular complexity index is 350. The summed E-state index contributed by atoms with van der Waals surface area (Å²) in [5, 5.41) is 7.06. The average molecular weight is 292 g/mol. The van der Waals surface area contributed by atoms with Crippen molar-refractivity contribution in [2.45, 2.75) is 70.5 Å². The fraction of sp³-hybridized carbons (Fsp3) is 0.824. The van der Waals surface area contributed by atoms with Crippen LogP contribution in [0, 0.1) is 0 Å². The number of aliphatic imine (C=N–C) groups is 1. The summed E-state index contributed by atoms with van der Waals surface area (Å²) < 4.78 is 0. The Kier molecular flexibility index (Phi) is 6.55. The fourth-order valence-electron chi connectivity index (χ4n) is 3.66.